The van der Waals surface area contributed by atoms with Gasteiger partial charge in [-0.15, -0.1) is 0 Å². The molecule has 2 unspecified atom stereocenters. The maximum Gasteiger partial charge on any atom is 0.321 e. The lowest BCUT2D eigenvalue weighted by Crippen LogP contribution is -2.46. The number of aliphatic hydroxyl groups excluding tert-OH is 1. The van der Waals surface area contributed by atoms with Crippen LogP contribution < -0.4 is 10.2 Å². The highest BCUT2D eigenvalue weighted by Gasteiger charge is 2.28. The van der Waals surface area contributed by atoms with Crippen LogP contribution in [0.5, 0.6) is 0 Å². The number of hydrogen-bond acceptors (Lipinski definition) is 3. The van der Waals surface area contributed by atoms with E-state index < -0.39 is 0 Å². The van der Waals surface area contributed by atoms with Crippen molar-refractivity contribution in [1.29, 1.82) is 0 Å². The smallest absolute Gasteiger partial charge is 0.321 e. The molecule has 0 bridgehead atoms. The molecule has 2 amide bonds. The summed E-state index contributed by atoms with van der Waals surface area (Å²) in [5, 5.41) is 12.9. The van der Waals surface area contributed by atoms with E-state index in [1.54, 1.807) is 4.90 Å². The van der Waals surface area contributed by atoms with Crippen molar-refractivity contribution >= 4 is 33.3 Å². The molecular weight excluding hydrogens is 358 g/mol. The number of nitrogens with zero attached hydrogens (tertiary/aromatic N) is 2. The summed E-state index contributed by atoms with van der Waals surface area (Å²) in [5.74, 6) is 0.120. The summed E-state index contributed by atoms with van der Waals surface area (Å²) in [6.07, 6.45) is 2.74. The summed E-state index contributed by atoms with van der Waals surface area (Å²) in [5.41, 5.74) is 1.94. The highest BCUT2D eigenvalue weighted by Crippen LogP contribution is 2.32. The Bertz CT molecular complexity index is 575. The van der Waals surface area contributed by atoms with Crippen LogP contribution in [0.3, 0.4) is 0 Å². The first-order valence-electron chi connectivity index (χ1n) is 8.33. The number of piperidine rings is 1. The van der Waals surface area contributed by atoms with Crippen molar-refractivity contribution in [2.75, 3.05) is 36.4 Å². The summed E-state index contributed by atoms with van der Waals surface area (Å²) < 4.78 is 0.957. The summed E-state index contributed by atoms with van der Waals surface area (Å²) in [7, 11) is 0. The van der Waals surface area contributed by atoms with Crippen molar-refractivity contribution in [3.8, 4) is 0 Å². The van der Waals surface area contributed by atoms with Gasteiger partial charge in [0.25, 0.3) is 0 Å². The van der Waals surface area contributed by atoms with Gasteiger partial charge >= 0.3 is 6.03 Å². The van der Waals surface area contributed by atoms with Crippen LogP contribution in [0.15, 0.2) is 22.7 Å². The molecule has 0 radical (unpaired) electrons. The SMILES string of the molecule is CC1CN(C(=O)Nc2cc(Br)ccc2N2CCCC2)CCC1O. The number of nitrogens with one attached hydrogen (secondary N) is 1. The van der Waals surface area contributed by atoms with Crippen LogP contribution in [0.1, 0.15) is 26.2 Å². The minimum Gasteiger partial charge on any atom is -0.393 e. The second-order valence-electron chi connectivity index (χ2n) is 6.57. The van der Waals surface area contributed by atoms with Gasteiger partial charge in [0.2, 0.25) is 0 Å². The third kappa shape index (κ3) is 3.80. The molecule has 2 saturated heterocycles. The third-order valence-electron chi connectivity index (χ3n) is 4.79. The topological polar surface area (TPSA) is 55.8 Å². The predicted molar refractivity (Wildman–Crippen MR) is 96.0 cm³/mol. The number of urea groups is 1. The molecule has 1 aromatic rings. The molecule has 3 rings (SSSR count). The molecule has 2 heterocycles. The maximum atomic E-state index is 12.6. The molecule has 6 heteroatoms. The van der Waals surface area contributed by atoms with Crippen molar-refractivity contribution < 1.29 is 9.90 Å². The number of carbonyl (C=O) groups excluding carboxylic acids is 1. The zero-order valence-electron chi connectivity index (χ0n) is 13.5. The fraction of sp³-hybridized carbons (Fsp3) is 0.588. The maximum absolute atomic E-state index is 12.6. The zero-order chi connectivity index (χ0) is 16.4. The Kier molecular flexibility index (Phi) is 5.11. The van der Waals surface area contributed by atoms with E-state index in [1.807, 2.05) is 19.1 Å². The number of benzene rings is 1. The predicted octanol–water partition coefficient (Wildman–Crippen LogP) is 3.28. The largest absolute Gasteiger partial charge is 0.393 e. The highest BCUT2D eigenvalue weighted by molar-refractivity contribution is 9.10. The lowest BCUT2D eigenvalue weighted by atomic mass is 9.97. The summed E-state index contributed by atoms with van der Waals surface area (Å²) in [4.78, 5) is 16.7. The van der Waals surface area contributed by atoms with Crippen LogP contribution >= 0.6 is 15.9 Å². The molecule has 23 heavy (non-hydrogen) atoms. The van der Waals surface area contributed by atoms with Crippen molar-refractivity contribution in [3.05, 3.63) is 22.7 Å². The van der Waals surface area contributed by atoms with E-state index in [1.165, 1.54) is 12.8 Å². The quantitative estimate of drug-likeness (QED) is 0.826. The van der Waals surface area contributed by atoms with Crippen molar-refractivity contribution in [3.63, 3.8) is 0 Å². The standard InChI is InChI=1S/C17H24BrN3O2/c1-12-11-21(9-6-16(12)22)17(23)19-14-10-13(18)4-5-15(14)20-7-2-3-8-20/h4-5,10,12,16,22H,2-3,6-9,11H2,1H3,(H,19,23). The number of halogens is 1. The van der Waals surface area contributed by atoms with Crippen molar-refractivity contribution in [2.45, 2.75) is 32.3 Å². The summed E-state index contributed by atoms with van der Waals surface area (Å²) in [6, 6.07) is 5.96. The van der Waals surface area contributed by atoms with E-state index in [9.17, 15) is 9.90 Å². The number of carbonyl (C=O) groups is 1. The average molecular weight is 382 g/mol. The monoisotopic (exact) mass is 381 g/mol. The van der Waals surface area contributed by atoms with Crippen molar-refractivity contribution in [2.24, 2.45) is 5.92 Å². The Morgan fingerprint density at radius 1 is 1.30 bits per heavy atom. The van der Waals surface area contributed by atoms with Crippen LogP contribution in [-0.4, -0.2) is 48.3 Å². The first kappa shape index (κ1) is 16.6. The van der Waals surface area contributed by atoms with Crippen LogP contribution in [0.2, 0.25) is 0 Å². The molecule has 2 N–H and O–H groups in total. The molecule has 126 valence electrons. The fourth-order valence-corrected chi connectivity index (χ4v) is 3.72. The second-order valence-corrected chi connectivity index (χ2v) is 7.48. The zero-order valence-corrected chi connectivity index (χ0v) is 15.1. The van der Waals surface area contributed by atoms with Crippen LogP contribution in [0.4, 0.5) is 16.2 Å². The van der Waals surface area contributed by atoms with Gasteiger partial charge < -0.3 is 20.2 Å². The Morgan fingerprint density at radius 2 is 2.04 bits per heavy atom. The van der Waals surface area contributed by atoms with Gasteiger partial charge in [0.05, 0.1) is 17.5 Å². The van der Waals surface area contributed by atoms with Gasteiger partial charge in [0, 0.05) is 30.7 Å². The summed E-state index contributed by atoms with van der Waals surface area (Å²) in [6.45, 7) is 5.26. The van der Waals surface area contributed by atoms with Gasteiger partial charge in [-0.05, 0) is 43.4 Å². The Balaban J connectivity index is 1.74. The molecule has 2 fully saturated rings. The van der Waals surface area contributed by atoms with Crippen LogP contribution in [-0.2, 0) is 0 Å². The molecule has 2 aliphatic heterocycles. The van der Waals surface area contributed by atoms with Gasteiger partial charge in [-0.1, -0.05) is 22.9 Å². The van der Waals surface area contributed by atoms with E-state index >= 15 is 0 Å². The minimum absolute atomic E-state index is 0.0812. The van der Waals surface area contributed by atoms with Gasteiger partial charge in [-0.2, -0.15) is 0 Å². The van der Waals surface area contributed by atoms with Gasteiger partial charge in [0.15, 0.2) is 0 Å². The van der Waals surface area contributed by atoms with E-state index in [0.29, 0.717) is 19.5 Å². The van der Waals surface area contributed by atoms with Gasteiger partial charge in [-0.25, -0.2) is 4.79 Å². The Labute approximate surface area is 145 Å². The number of hydrogen-bond donors (Lipinski definition) is 2. The highest BCUT2D eigenvalue weighted by atomic mass is 79.9. The molecule has 0 aliphatic carbocycles. The number of aliphatic hydroxyl groups is 1. The molecule has 0 spiro atoms. The van der Waals surface area contributed by atoms with Crippen LogP contribution in [0, 0.1) is 5.92 Å². The van der Waals surface area contributed by atoms with Crippen LogP contribution in [0.25, 0.3) is 0 Å². The molecule has 1 aromatic carbocycles. The van der Waals surface area contributed by atoms with E-state index in [-0.39, 0.29) is 18.1 Å². The first-order chi connectivity index (χ1) is 11.0. The molecular formula is C17H24BrN3O2. The van der Waals surface area contributed by atoms with Gasteiger partial charge in [-0.3, -0.25) is 0 Å². The minimum atomic E-state index is -0.301. The van der Waals surface area contributed by atoms with Crippen molar-refractivity contribution in [1.82, 2.24) is 4.90 Å². The Morgan fingerprint density at radius 3 is 2.74 bits per heavy atom. The molecule has 2 atom stereocenters. The fourth-order valence-electron chi connectivity index (χ4n) is 3.35. The number of anilines is 2. The summed E-state index contributed by atoms with van der Waals surface area (Å²) >= 11 is 3.49. The Hall–Kier alpha value is -1.27. The second kappa shape index (κ2) is 7.09. The van der Waals surface area contributed by atoms with E-state index in [2.05, 4.69) is 32.2 Å². The lowest BCUT2D eigenvalue weighted by Gasteiger charge is -2.34. The number of amides is 2. The molecule has 0 saturated carbocycles. The van der Waals surface area contributed by atoms with E-state index in [4.69, 9.17) is 0 Å². The third-order valence-corrected chi connectivity index (χ3v) is 5.29. The number of likely N-dealkylation sites (tertiary alicyclic amines) is 1. The first-order valence-corrected chi connectivity index (χ1v) is 9.12. The molecule has 5 nitrogen and oxygen atoms in total. The van der Waals surface area contributed by atoms with Gasteiger partial charge in [0.1, 0.15) is 0 Å². The molecule has 2 aliphatic rings. The average Bonchev–Trinajstić information content (AvgIpc) is 3.04. The van der Waals surface area contributed by atoms with E-state index in [0.717, 1.165) is 28.9 Å². The molecule has 0 aromatic heterocycles. The normalized spacial score (nSPS) is 24.8. The number of rotatable bonds is 2. The lowest BCUT2D eigenvalue weighted by molar-refractivity contribution is 0.0506.